The monoisotopic (exact) mass is 1700 g/mol. The van der Waals surface area contributed by atoms with Crippen LogP contribution in [0.5, 0.6) is 0 Å². The van der Waals surface area contributed by atoms with E-state index in [-0.39, 0.29) is 25.9 Å². The molecule has 0 spiro atoms. The smallest absolute Gasteiger partial charge is 0.475 e. The van der Waals surface area contributed by atoms with Crippen molar-refractivity contribution < 1.29 is 233 Å². The summed E-state index contributed by atoms with van der Waals surface area (Å²) in [4.78, 5) is 71.2. The largest absolute Gasteiger partial charge is 0.490 e. The second-order valence-electron chi connectivity index (χ2n) is 22.0. The van der Waals surface area contributed by atoms with Crippen molar-refractivity contribution in [2.45, 2.75) is 224 Å². The Labute approximate surface area is 603 Å². The zero-order valence-electron chi connectivity index (χ0n) is 55.5. The Morgan fingerprint density at radius 2 is 0.631 bits per heavy atom. The third-order valence-electron chi connectivity index (χ3n) is 13.1. The lowest BCUT2D eigenvalue weighted by Gasteiger charge is -2.45. The van der Waals surface area contributed by atoms with Gasteiger partial charge in [0.1, 0.15) is 24.4 Å². The highest BCUT2D eigenvalue weighted by Gasteiger charge is 2.50. The summed E-state index contributed by atoms with van der Waals surface area (Å²) in [7, 11) is 0. The van der Waals surface area contributed by atoms with Gasteiger partial charge in [-0.15, -0.1) is 5.10 Å². The van der Waals surface area contributed by atoms with Gasteiger partial charge in [0.05, 0.1) is 54.4 Å². The van der Waals surface area contributed by atoms with Crippen molar-refractivity contribution in [2.75, 3.05) is 26.3 Å². The summed E-state index contributed by atoms with van der Waals surface area (Å²) in [5.74, 6) is -22.1. The molecule has 2 aliphatic carbocycles. The topological polar surface area (TPSA) is 674 Å². The summed E-state index contributed by atoms with van der Waals surface area (Å²) >= 11 is 0. The fourth-order valence-electron chi connectivity index (χ4n) is 7.88. The van der Waals surface area contributed by atoms with Crippen LogP contribution in [0.4, 0.5) is 105 Å². The van der Waals surface area contributed by atoms with E-state index in [2.05, 4.69) is 10.3 Å². The lowest BCUT2D eigenvalue weighted by molar-refractivity contribution is -0.272. The first kappa shape index (κ1) is 110. The van der Waals surface area contributed by atoms with Crippen molar-refractivity contribution in [1.82, 2.24) is 15.0 Å². The van der Waals surface area contributed by atoms with Gasteiger partial charge in [-0.25, -0.2) is 38.4 Å². The molecule has 28 N–H and O–H groups in total. The number of aryl methyl sites for hydroxylation is 2. The number of aromatic nitrogens is 3. The third-order valence-corrected chi connectivity index (χ3v) is 13.1. The number of aliphatic hydroxyl groups is 4. The minimum absolute atomic E-state index is 0.105. The normalized spacial score (nSPS) is 26.9. The molecule has 0 aromatic carbocycles. The van der Waals surface area contributed by atoms with Crippen LogP contribution in [0.2, 0.25) is 0 Å². The maximum Gasteiger partial charge on any atom is 0.490 e. The highest BCUT2D eigenvalue weighted by atomic mass is 19.4. The number of alkyl halides is 24. The van der Waals surface area contributed by atoms with Gasteiger partial charge in [-0.3, -0.25) is 4.68 Å². The molecule has 4 fully saturated rings. The van der Waals surface area contributed by atoms with Crippen molar-refractivity contribution in [1.29, 1.82) is 0 Å². The molecule has 1 aromatic heterocycles. The van der Waals surface area contributed by atoms with Crippen LogP contribution in [0, 0.1) is 0 Å². The summed E-state index contributed by atoms with van der Waals surface area (Å²) in [5, 5.41) is 108. The predicted molar refractivity (Wildman–Crippen MR) is 307 cm³/mol. The van der Waals surface area contributed by atoms with Gasteiger partial charge in [0.2, 0.25) is 0 Å². The first-order chi connectivity index (χ1) is 49.8. The number of carbonyl (C=O) groups is 8. The molecule has 2 saturated carbocycles. The van der Waals surface area contributed by atoms with Crippen LogP contribution in [-0.4, -0.2) is 310 Å². The van der Waals surface area contributed by atoms with E-state index in [1.807, 2.05) is 6.20 Å². The fraction of sp³-hybridized carbons (Fsp3) is 0.800. The third kappa shape index (κ3) is 46.3. The fourth-order valence-corrected chi connectivity index (χ4v) is 7.88. The number of aliphatic carboxylic acids is 8. The second-order valence-corrected chi connectivity index (χ2v) is 22.0. The number of hydrogen-bond donors (Lipinski definition) is 20. The maximum atomic E-state index is 10.9. The molecule has 0 bridgehead atoms. The molecule has 654 valence electrons. The summed E-state index contributed by atoms with van der Waals surface area (Å²) in [6.07, 6.45) is -43.7. The molecule has 4 aliphatic rings. The Hall–Kier alpha value is -7.50. The second kappa shape index (κ2) is 48.5. The standard InChI is InChI=1S/C34H67N11O10.8C2HF3O2/c35-13-25-23(46)11-21(41)33(52-25)54-29-19(39)9-17(37)27(48)31(29)50-7-3-1-5-16-15-45(44-43-16)6-2-4-8-51-32-28(49)18(38)10-20(40)30(32)55-34-22(42)12-24(47)26(14-36)53-34;8*3-2(4,5)1(6)7/h15,17-34,46-49H,1-14,35-42H2;8*(H,6,7)/t17-,18-,19+,20+,21-,22-,23+,24+,25-,26-,27+,28+,29-,30-,31-,32-,33-,34-;;;;;;;;/m1......../s1. The van der Waals surface area contributed by atoms with Crippen LogP contribution < -0.4 is 45.9 Å². The SMILES string of the molecule is NC[C@H]1O[C@H](O[C@H]2[C@H](OCCCCc3cn(CCCCO[C@@H]4[C@@H](O)[C@H](N)C[C@H](N)[C@H]4O[C@H]4O[C@H](CN)[C@@H](O)C[C@H]4N)nn3)[C@@H](O)[C@H](N)C[C@@H]2N)[C@H](N)C[C@@H]1O.O=C(O)C(F)(F)F.O=C(O)C(F)(F)F.O=C(O)C(F)(F)F.O=C(O)C(F)(F)F.O=C(O)C(F)(F)F.O=C(O)C(F)(F)F.O=C(O)C(F)(F)F.O=C(O)C(F)(F)F. The van der Waals surface area contributed by atoms with Crippen LogP contribution in [-0.2, 0) is 79.7 Å². The Kier molecular flexibility index (Phi) is 48.0. The van der Waals surface area contributed by atoms with Gasteiger partial charge in [-0.1, -0.05) is 5.21 Å². The lowest BCUT2D eigenvalue weighted by atomic mass is 9.84. The number of nitrogens with two attached hydrogens (primary N) is 8. The molecule has 2 aliphatic heterocycles. The molecule has 111 heavy (non-hydrogen) atoms. The van der Waals surface area contributed by atoms with Gasteiger partial charge in [-0.05, 0) is 57.8 Å². The molecule has 18 atom stereocenters. The van der Waals surface area contributed by atoms with Crippen molar-refractivity contribution in [3.63, 3.8) is 0 Å². The number of ether oxygens (including phenoxy) is 6. The summed E-state index contributed by atoms with van der Waals surface area (Å²) < 4.78 is 292. The number of unbranched alkanes of at least 4 members (excludes halogenated alkanes) is 2. The van der Waals surface area contributed by atoms with E-state index in [0.717, 1.165) is 18.5 Å². The average molecular weight is 1700 g/mol. The number of halogens is 24. The van der Waals surface area contributed by atoms with Crippen LogP contribution in [0.25, 0.3) is 0 Å². The van der Waals surface area contributed by atoms with Gasteiger partial charge >= 0.3 is 97.2 Å². The highest BCUT2D eigenvalue weighted by Crippen LogP contribution is 2.31. The van der Waals surface area contributed by atoms with E-state index in [1.165, 1.54) is 0 Å². The van der Waals surface area contributed by atoms with Crippen LogP contribution in [0.3, 0.4) is 0 Å². The average Bonchev–Trinajstić information content (AvgIpc) is 1.11. The number of carboxylic acids is 8. The van der Waals surface area contributed by atoms with Gasteiger partial charge in [0, 0.05) is 63.2 Å². The van der Waals surface area contributed by atoms with Crippen molar-refractivity contribution in [3.8, 4) is 0 Å². The van der Waals surface area contributed by atoms with E-state index in [4.69, 9.17) is 153 Å². The zero-order valence-corrected chi connectivity index (χ0v) is 55.5. The molecule has 61 heteroatoms. The summed E-state index contributed by atoms with van der Waals surface area (Å²) in [5.41, 5.74) is 49.9. The molecule has 2 saturated heterocycles. The molecule has 3 heterocycles. The Balaban J connectivity index is -0.000000811. The maximum absolute atomic E-state index is 10.9. The van der Waals surface area contributed by atoms with Crippen LogP contribution in [0.15, 0.2) is 6.20 Å². The minimum atomic E-state index is -5.08. The van der Waals surface area contributed by atoms with Crippen molar-refractivity contribution in [2.24, 2.45) is 45.9 Å². The van der Waals surface area contributed by atoms with Crippen LogP contribution in [0.1, 0.15) is 57.1 Å². The Morgan fingerprint density at radius 1 is 0.387 bits per heavy atom. The van der Waals surface area contributed by atoms with Crippen molar-refractivity contribution >= 4 is 47.8 Å². The number of aliphatic hydroxyl groups excluding tert-OH is 4. The number of carboxylic acid groups (broad SMARTS) is 8. The van der Waals surface area contributed by atoms with Gasteiger partial charge < -0.3 is 136 Å². The molecule has 0 radical (unpaired) electrons. The first-order valence-corrected chi connectivity index (χ1v) is 29.7. The van der Waals surface area contributed by atoms with E-state index < -0.39 is 207 Å². The van der Waals surface area contributed by atoms with Gasteiger partial charge in [0.15, 0.2) is 12.6 Å². The Morgan fingerprint density at radius 3 is 0.865 bits per heavy atom. The minimum Gasteiger partial charge on any atom is -0.475 e. The highest BCUT2D eigenvalue weighted by molar-refractivity contribution is 5.75. The molecule has 1 aromatic rings. The zero-order chi connectivity index (χ0) is 88.4. The number of rotatable bonds is 18. The van der Waals surface area contributed by atoms with E-state index in [0.29, 0.717) is 51.9 Å². The van der Waals surface area contributed by atoms with Gasteiger partial charge in [-0.2, -0.15) is 105 Å². The molecular weight excluding hydrogens is 1630 g/mol. The summed E-state index contributed by atoms with van der Waals surface area (Å²) in [6.45, 7) is 1.47. The lowest BCUT2D eigenvalue weighted by Crippen LogP contribution is -2.65. The molecule has 0 amide bonds. The first-order valence-electron chi connectivity index (χ1n) is 29.7. The molecular formula is C50H75F24N11O26. The van der Waals surface area contributed by atoms with E-state index in [9.17, 15) is 126 Å². The number of nitrogens with zero attached hydrogens (tertiary/aromatic N) is 3. The van der Waals surface area contributed by atoms with E-state index in [1.54, 1.807) is 4.68 Å². The van der Waals surface area contributed by atoms with Gasteiger partial charge in [0.25, 0.3) is 0 Å². The molecule has 5 rings (SSSR count). The van der Waals surface area contributed by atoms with E-state index >= 15 is 0 Å². The van der Waals surface area contributed by atoms with Crippen LogP contribution >= 0.6 is 0 Å². The Bertz CT molecular complexity index is 2560. The molecule has 37 nitrogen and oxygen atoms in total. The summed E-state index contributed by atoms with van der Waals surface area (Å²) in [6, 6.07) is -3.41. The predicted octanol–water partition coefficient (Wildman–Crippen LogP) is -0.650. The molecule has 0 unspecified atom stereocenters. The number of hydrogen-bond acceptors (Lipinski definition) is 28. The quantitative estimate of drug-likeness (QED) is 0.0641. The van der Waals surface area contributed by atoms with Crippen molar-refractivity contribution in [3.05, 3.63) is 11.9 Å².